The molecule has 1 aliphatic rings. The molecule has 2 atom stereocenters. The predicted octanol–water partition coefficient (Wildman–Crippen LogP) is 2.53. The maximum absolute atomic E-state index is 12.7. The van der Waals surface area contributed by atoms with Gasteiger partial charge in [0.15, 0.2) is 5.78 Å². The van der Waals surface area contributed by atoms with Gasteiger partial charge >= 0.3 is 0 Å². The van der Waals surface area contributed by atoms with Gasteiger partial charge in [-0.15, -0.1) is 0 Å². The number of carbonyl (C=O) groups excluding carboxylic acids is 1. The van der Waals surface area contributed by atoms with Crippen molar-refractivity contribution in [2.45, 2.75) is 45.1 Å². The molecule has 1 heterocycles. The van der Waals surface area contributed by atoms with Crippen LogP contribution >= 0.6 is 0 Å². The highest BCUT2D eigenvalue weighted by Crippen LogP contribution is 2.37. The van der Waals surface area contributed by atoms with E-state index in [1.807, 2.05) is 25.2 Å². The van der Waals surface area contributed by atoms with Crippen molar-refractivity contribution in [1.82, 2.24) is 10.3 Å². The number of ketones is 1. The number of nitrogens with one attached hydrogen (secondary N) is 1. The van der Waals surface area contributed by atoms with E-state index in [1.165, 1.54) is 0 Å². The lowest BCUT2D eigenvalue weighted by molar-refractivity contribution is -0.124. The lowest BCUT2D eigenvalue weighted by Gasteiger charge is -2.32. The molecule has 0 spiro atoms. The van der Waals surface area contributed by atoms with Crippen molar-refractivity contribution >= 4 is 5.78 Å². The van der Waals surface area contributed by atoms with Gasteiger partial charge in [-0.3, -0.25) is 9.78 Å². The fourth-order valence-corrected chi connectivity index (χ4v) is 3.04. The predicted molar refractivity (Wildman–Crippen MR) is 72.5 cm³/mol. The largest absolute Gasteiger partial charge is 0.310 e. The van der Waals surface area contributed by atoms with Crippen molar-refractivity contribution in [3.05, 3.63) is 30.1 Å². The summed E-state index contributed by atoms with van der Waals surface area (Å²) >= 11 is 0. The third-order valence-electron chi connectivity index (χ3n) is 4.06. The Kier molecular flexibility index (Phi) is 3.81. The number of carbonyl (C=O) groups is 1. The molecule has 1 N–H and O–H groups in total. The summed E-state index contributed by atoms with van der Waals surface area (Å²) in [6.07, 6.45) is 4.84. The first-order valence-electron chi connectivity index (χ1n) is 6.68. The zero-order valence-corrected chi connectivity index (χ0v) is 11.4. The van der Waals surface area contributed by atoms with Crippen LogP contribution in [0.5, 0.6) is 0 Å². The van der Waals surface area contributed by atoms with Gasteiger partial charge in [0.05, 0.1) is 17.7 Å². The maximum Gasteiger partial charge on any atom is 0.159 e. The molecule has 3 heteroatoms. The monoisotopic (exact) mass is 246 g/mol. The first-order valence-corrected chi connectivity index (χ1v) is 6.68. The second kappa shape index (κ2) is 5.19. The average Bonchev–Trinajstić information content (AvgIpc) is 2.46. The molecule has 2 unspecified atom stereocenters. The fourth-order valence-electron chi connectivity index (χ4n) is 3.04. The summed E-state index contributed by atoms with van der Waals surface area (Å²) in [6.45, 7) is 4.35. The Morgan fingerprint density at radius 1 is 1.39 bits per heavy atom. The number of hydrogen-bond donors (Lipinski definition) is 1. The molecule has 1 fully saturated rings. The number of likely N-dealkylation sites (N-methyl/N-ethyl adjacent to an activating group) is 1. The van der Waals surface area contributed by atoms with E-state index in [0.717, 1.165) is 25.0 Å². The molecule has 18 heavy (non-hydrogen) atoms. The van der Waals surface area contributed by atoms with Crippen LogP contribution in [-0.2, 0) is 4.79 Å². The SMILES string of the molecule is CNC1C(=O)C(c2ccccn2)CCCC1(C)C. The van der Waals surface area contributed by atoms with E-state index >= 15 is 0 Å². The molecule has 0 aliphatic heterocycles. The second-order valence-corrected chi connectivity index (χ2v) is 5.81. The number of pyridine rings is 1. The van der Waals surface area contributed by atoms with Crippen LogP contribution in [0.3, 0.4) is 0 Å². The molecule has 0 aromatic carbocycles. The fraction of sp³-hybridized carbons (Fsp3) is 0.600. The van der Waals surface area contributed by atoms with Gasteiger partial charge in [-0.1, -0.05) is 26.3 Å². The molecule has 0 saturated heterocycles. The number of rotatable bonds is 2. The highest BCUT2D eigenvalue weighted by Gasteiger charge is 2.40. The Labute approximate surface area is 109 Å². The van der Waals surface area contributed by atoms with Crippen LogP contribution in [0.4, 0.5) is 0 Å². The molecule has 0 radical (unpaired) electrons. The number of aromatic nitrogens is 1. The number of hydrogen-bond acceptors (Lipinski definition) is 3. The van der Waals surface area contributed by atoms with Crippen LogP contribution in [0.15, 0.2) is 24.4 Å². The van der Waals surface area contributed by atoms with Crippen LogP contribution in [0.2, 0.25) is 0 Å². The van der Waals surface area contributed by atoms with Gasteiger partial charge in [0.2, 0.25) is 0 Å². The lowest BCUT2D eigenvalue weighted by atomic mass is 9.79. The maximum atomic E-state index is 12.7. The minimum Gasteiger partial charge on any atom is -0.310 e. The number of nitrogens with zero attached hydrogens (tertiary/aromatic N) is 1. The molecule has 1 aromatic heterocycles. The second-order valence-electron chi connectivity index (χ2n) is 5.81. The van der Waals surface area contributed by atoms with Gasteiger partial charge in [-0.25, -0.2) is 0 Å². The minimum absolute atomic E-state index is 0.0232. The van der Waals surface area contributed by atoms with Crippen molar-refractivity contribution in [2.75, 3.05) is 7.05 Å². The van der Waals surface area contributed by atoms with Crippen molar-refractivity contribution in [1.29, 1.82) is 0 Å². The van der Waals surface area contributed by atoms with E-state index in [0.29, 0.717) is 5.78 Å². The Morgan fingerprint density at radius 2 is 2.17 bits per heavy atom. The first-order chi connectivity index (χ1) is 8.56. The Morgan fingerprint density at radius 3 is 2.78 bits per heavy atom. The van der Waals surface area contributed by atoms with Crippen molar-refractivity contribution in [3.63, 3.8) is 0 Å². The minimum atomic E-state index is -0.0768. The quantitative estimate of drug-likeness (QED) is 0.815. The van der Waals surface area contributed by atoms with Crippen LogP contribution in [0, 0.1) is 5.41 Å². The third-order valence-corrected chi connectivity index (χ3v) is 4.06. The van der Waals surface area contributed by atoms with Gasteiger partial charge in [0.25, 0.3) is 0 Å². The third kappa shape index (κ3) is 2.46. The molecule has 1 saturated carbocycles. The normalized spacial score (nSPS) is 27.8. The van der Waals surface area contributed by atoms with Crippen LogP contribution < -0.4 is 5.32 Å². The highest BCUT2D eigenvalue weighted by molar-refractivity contribution is 5.91. The van der Waals surface area contributed by atoms with Crippen molar-refractivity contribution < 1.29 is 4.79 Å². The van der Waals surface area contributed by atoms with Crippen LogP contribution in [-0.4, -0.2) is 23.9 Å². The summed E-state index contributed by atoms with van der Waals surface area (Å²) in [5.41, 5.74) is 0.940. The van der Waals surface area contributed by atoms with E-state index in [9.17, 15) is 4.79 Å². The van der Waals surface area contributed by atoms with E-state index in [1.54, 1.807) is 6.20 Å². The topological polar surface area (TPSA) is 42.0 Å². The lowest BCUT2D eigenvalue weighted by Crippen LogP contribution is -2.46. The summed E-state index contributed by atoms with van der Waals surface area (Å²) in [7, 11) is 1.88. The summed E-state index contributed by atoms with van der Waals surface area (Å²) in [4.78, 5) is 17.1. The molecule has 1 aromatic rings. The van der Waals surface area contributed by atoms with Gasteiger partial charge in [0, 0.05) is 6.20 Å². The summed E-state index contributed by atoms with van der Waals surface area (Å²) in [6, 6.07) is 5.74. The van der Waals surface area contributed by atoms with Crippen molar-refractivity contribution in [2.24, 2.45) is 5.41 Å². The Hall–Kier alpha value is -1.22. The molecule has 1 aliphatic carbocycles. The van der Waals surface area contributed by atoms with E-state index in [-0.39, 0.29) is 17.4 Å². The first kappa shape index (κ1) is 13.2. The molecule has 2 rings (SSSR count). The van der Waals surface area contributed by atoms with Gasteiger partial charge < -0.3 is 5.32 Å². The van der Waals surface area contributed by atoms with E-state index in [4.69, 9.17) is 0 Å². The molecule has 3 nitrogen and oxygen atoms in total. The Balaban J connectivity index is 2.31. The van der Waals surface area contributed by atoms with Crippen LogP contribution in [0.25, 0.3) is 0 Å². The average molecular weight is 246 g/mol. The Bertz CT molecular complexity index is 414. The molecule has 0 bridgehead atoms. The zero-order valence-electron chi connectivity index (χ0n) is 11.4. The number of Topliss-reactive ketones (excluding diaryl/α,β-unsaturated/α-hetero) is 1. The molecule has 0 amide bonds. The van der Waals surface area contributed by atoms with Gasteiger partial charge in [0.1, 0.15) is 0 Å². The standard InChI is InChI=1S/C15H22N2O/c1-15(2)9-6-7-11(13(18)14(15)16-3)12-8-4-5-10-17-12/h4-5,8,10-11,14,16H,6-7,9H2,1-3H3. The van der Waals surface area contributed by atoms with Gasteiger partial charge in [-0.2, -0.15) is 0 Å². The summed E-state index contributed by atoms with van der Waals surface area (Å²) < 4.78 is 0. The summed E-state index contributed by atoms with van der Waals surface area (Å²) in [5, 5.41) is 3.21. The smallest absolute Gasteiger partial charge is 0.159 e. The highest BCUT2D eigenvalue weighted by atomic mass is 16.1. The van der Waals surface area contributed by atoms with Crippen molar-refractivity contribution in [3.8, 4) is 0 Å². The van der Waals surface area contributed by atoms with Crippen LogP contribution in [0.1, 0.15) is 44.7 Å². The molecular formula is C15H22N2O. The molecule has 98 valence electrons. The molecular weight excluding hydrogens is 224 g/mol. The van der Waals surface area contributed by atoms with Gasteiger partial charge in [-0.05, 0) is 37.4 Å². The summed E-state index contributed by atoms with van der Waals surface area (Å²) in [5.74, 6) is 0.240. The zero-order chi connectivity index (χ0) is 13.2. The van der Waals surface area contributed by atoms with E-state index in [2.05, 4.69) is 24.1 Å². The van der Waals surface area contributed by atoms with E-state index < -0.39 is 0 Å².